The molecule has 2 aromatic heterocycles. The van der Waals surface area contributed by atoms with Crippen molar-refractivity contribution in [3.05, 3.63) is 69.7 Å². The predicted octanol–water partition coefficient (Wildman–Crippen LogP) is 2.80. The minimum Gasteiger partial charge on any atom is -0.357 e. The Balaban J connectivity index is 1.41. The van der Waals surface area contributed by atoms with Gasteiger partial charge in [-0.3, -0.25) is 14.9 Å². The molecule has 3 aromatic rings. The summed E-state index contributed by atoms with van der Waals surface area (Å²) >= 11 is 0. The van der Waals surface area contributed by atoms with Crippen LogP contribution in [0.5, 0.6) is 0 Å². The third-order valence-corrected chi connectivity index (χ3v) is 5.34. The number of non-ortho nitro benzene ring substituents is 1. The van der Waals surface area contributed by atoms with Crippen molar-refractivity contribution in [2.75, 3.05) is 18.0 Å². The van der Waals surface area contributed by atoms with Gasteiger partial charge in [0.15, 0.2) is 5.69 Å². The Morgan fingerprint density at radius 3 is 2.71 bits per heavy atom. The minimum atomic E-state index is -0.478. The second kappa shape index (κ2) is 8.90. The highest BCUT2D eigenvalue weighted by Gasteiger charge is 2.18. The zero-order valence-corrected chi connectivity index (χ0v) is 17.2. The lowest BCUT2D eigenvalue weighted by molar-refractivity contribution is -0.384. The van der Waals surface area contributed by atoms with Gasteiger partial charge in [-0.15, -0.1) is 5.10 Å². The first-order valence-electron chi connectivity index (χ1n) is 10.2. The van der Waals surface area contributed by atoms with E-state index in [1.165, 1.54) is 36.1 Å². The summed E-state index contributed by atoms with van der Waals surface area (Å²) in [6.45, 7) is 4.07. The molecule has 160 valence electrons. The van der Waals surface area contributed by atoms with E-state index in [1.807, 2.05) is 12.1 Å². The molecule has 1 saturated heterocycles. The second-order valence-electron chi connectivity index (χ2n) is 7.47. The molecule has 0 aliphatic carbocycles. The summed E-state index contributed by atoms with van der Waals surface area (Å²) in [4.78, 5) is 29.9. The first kappa shape index (κ1) is 20.5. The highest BCUT2D eigenvalue weighted by molar-refractivity contribution is 5.93. The molecule has 1 aliphatic rings. The van der Waals surface area contributed by atoms with Gasteiger partial charge in [-0.25, -0.2) is 9.67 Å². The number of carbonyl (C=O) groups excluding carboxylic acids is 1. The van der Waals surface area contributed by atoms with E-state index in [0.717, 1.165) is 24.5 Å². The lowest BCUT2D eigenvalue weighted by Gasteiger charge is -2.27. The van der Waals surface area contributed by atoms with E-state index < -0.39 is 4.92 Å². The van der Waals surface area contributed by atoms with E-state index in [2.05, 4.69) is 25.5 Å². The van der Waals surface area contributed by atoms with Crippen LogP contribution in [-0.2, 0) is 6.54 Å². The van der Waals surface area contributed by atoms with Crippen molar-refractivity contribution in [2.45, 2.75) is 32.7 Å². The molecular formula is C21H23N7O3. The fraction of sp³-hybridized carbons (Fsp3) is 0.333. The van der Waals surface area contributed by atoms with E-state index in [-0.39, 0.29) is 17.3 Å². The number of hydrogen-bond donors (Lipinski definition) is 1. The van der Waals surface area contributed by atoms with Crippen molar-refractivity contribution in [2.24, 2.45) is 0 Å². The van der Waals surface area contributed by atoms with Gasteiger partial charge in [0.25, 0.3) is 11.6 Å². The maximum atomic E-state index is 12.6. The fourth-order valence-electron chi connectivity index (χ4n) is 3.62. The van der Waals surface area contributed by atoms with Gasteiger partial charge in [0, 0.05) is 38.0 Å². The van der Waals surface area contributed by atoms with Gasteiger partial charge in [0.1, 0.15) is 5.82 Å². The van der Waals surface area contributed by atoms with Crippen molar-refractivity contribution in [3.8, 4) is 5.69 Å². The number of piperidine rings is 1. The number of amides is 1. The molecular weight excluding hydrogens is 398 g/mol. The normalized spacial score (nSPS) is 13.8. The Hall–Kier alpha value is -3.82. The van der Waals surface area contributed by atoms with Crippen LogP contribution in [0.15, 0.2) is 42.6 Å². The Bertz CT molecular complexity index is 1090. The van der Waals surface area contributed by atoms with Gasteiger partial charge >= 0.3 is 0 Å². The number of carbonyl (C=O) groups is 1. The van der Waals surface area contributed by atoms with Crippen molar-refractivity contribution < 1.29 is 9.72 Å². The molecule has 0 unspecified atom stereocenters. The van der Waals surface area contributed by atoms with E-state index in [9.17, 15) is 14.9 Å². The molecule has 0 saturated carbocycles. The largest absolute Gasteiger partial charge is 0.357 e. The molecule has 1 amide bonds. The van der Waals surface area contributed by atoms with Gasteiger partial charge in [-0.2, -0.15) is 0 Å². The minimum absolute atomic E-state index is 0.0566. The van der Waals surface area contributed by atoms with E-state index in [1.54, 1.807) is 25.3 Å². The average molecular weight is 421 g/mol. The van der Waals surface area contributed by atoms with Crippen LogP contribution in [-0.4, -0.2) is 43.9 Å². The Kier molecular flexibility index (Phi) is 5.87. The standard InChI is InChI=1S/C21H23N7O3/c1-15-20(24-25-27(15)17-6-5-7-18(12-17)28(30)31)21(29)23-14-16-8-9-19(22-13-16)26-10-3-2-4-11-26/h5-9,12-13H,2-4,10-11,14H2,1H3,(H,23,29). The summed E-state index contributed by atoms with van der Waals surface area (Å²) in [5, 5.41) is 21.8. The molecule has 0 atom stereocenters. The first-order valence-corrected chi connectivity index (χ1v) is 10.2. The van der Waals surface area contributed by atoms with Gasteiger partial charge in [-0.1, -0.05) is 17.3 Å². The Morgan fingerprint density at radius 1 is 1.19 bits per heavy atom. The smallest absolute Gasteiger partial charge is 0.274 e. The highest BCUT2D eigenvalue weighted by atomic mass is 16.6. The molecule has 0 bridgehead atoms. The molecule has 4 rings (SSSR count). The fourth-order valence-corrected chi connectivity index (χ4v) is 3.62. The van der Waals surface area contributed by atoms with Crippen molar-refractivity contribution >= 4 is 17.4 Å². The zero-order chi connectivity index (χ0) is 21.8. The van der Waals surface area contributed by atoms with E-state index in [4.69, 9.17) is 0 Å². The number of nitrogens with one attached hydrogen (secondary N) is 1. The topological polar surface area (TPSA) is 119 Å². The molecule has 1 fully saturated rings. The number of rotatable bonds is 6. The van der Waals surface area contributed by atoms with Crippen LogP contribution in [0.1, 0.15) is 41.0 Å². The van der Waals surface area contributed by atoms with Gasteiger partial charge < -0.3 is 10.2 Å². The third kappa shape index (κ3) is 4.52. The first-order chi connectivity index (χ1) is 15.0. The quantitative estimate of drug-likeness (QED) is 0.480. The maximum Gasteiger partial charge on any atom is 0.274 e. The van der Waals surface area contributed by atoms with Crippen LogP contribution < -0.4 is 10.2 Å². The second-order valence-corrected chi connectivity index (χ2v) is 7.47. The van der Waals surface area contributed by atoms with Crippen LogP contribution in [0.3, 0.4) is 0 Å². The molecule has 10 heteroatoms. The van der Waals surface area contributed by atoms with Crippen molar-refractivity contribution in [1.29, 1.82) is 0 Å². The van der Waals surface area contributed by atoms with Crippen LogP contribution >= 0.6 is 0 Å². The van der Waals surface area contributed by atoms with Gasteiger partial charge in [-0.05, 0) is 43.9 Å². The van der Waals surface area contributed by atoms with E-state index in [0.29, 0.717) is 17.9 Å². The van der Waals surface area contributed by atoms with Crippen LogP contribution in [0.4, 0.5) is 11.5 Å². The number of benzene rings is 1. The molecule has 0 radical (unpaired) electrons. The SMILES string of the molecule is Cc1c(C(=O)NCc2ccc(N3CCCCC3)nc2)nnn1-c1cccc([N+](=O)[O-])c1. The molecule has 1 N–H and O–H groups in total. The number of aromatic nitrogens is 4. The van der Waals surface area contributed by atoms with Gasteiger partial charge in [0.05, 0.1) is 16.3 Å². The molecule has 3 heterocycles. The van der Waals surface area contributed by atoms with Crippen LogP contribution in [0.2, 0.25) is 0 Å². The maximum absolute atomic E-state index is 12.6. The predicted molar refractivity (Wildman–Crippen MR) is 114 cm³/mol. The summed E-state index contributed by atoms with van der Waals surface area (Å²) in [6.07, 6.45) is 5.43. The molecule has 1 aromatic carbocycles. The number of nitrogens with zero attached hydrogens (tertiary/aromatic N) is 6. The summed E-state index contributed by atoms with van der Waals surface area (Å²) in [5.41, 5.74) is 1.97. The Labute approximate surface area is 179 Å². The van der Waals surface area contributed by atoms with Crippen molar-refractivity contribution in [1.82, 2.24) is 25.3 Å². The summed E-state index contributed by atoms with van der Waals surface area (Å²) in [6, 6.07) is 9.97. The van der Waals surface area contributed by atoms with Crippen molar-refractivity contribution in [3.63, 3.8) is 0 Å². The summed E-state index contributed by atoms with van der Waals surface area (Å²) in [7, 11) is 0. The molecule has 31 heavy (non-hydrogen) atoms. The summed E-state index contributed by atoms with van der Waals surface area (Å²) < 4.78 is 1.41. The van der Waals surface area contributed by atoms with Gasteiger partial charge in [0.2, 0.25) is 0 Å². The van der Waals surface area contributed by atoms with E-state index >= 15 is 0 Å². The zero-order valence-electron chi connectivity index (χ0n) is 17.2. The van der Waals surface area contributed by atoms with Crippen LogP contribution in [0, 0.1) is 17.0 Å². The number of anilines is 1. The number of nitro benzene ring substituents is 1. The highest BCUT2D eigenvalue weighted by Crippen LogP contribution is 2.19. The number of hydrogen-bond acceptors (Lipinski definition) is 7. The molecule has 1 aliphatic heterocycles. The van der Waals surface area contributed by atoms with Crippen LogP contribution in [0.25, 0.3) is 5.69 Å². The lowest BCUT2D eigenvalue weighted by atomic mass is 10.1. The third-order valence-electron chi connectivity index (χ3n) is 5.34. The number of nitro groups is 1. The Morgan fingerprint density at radius 2 is 2.00 bits per heavy atom. The molecule has 0 spiro atoms. The summed E-state index contributed by atoms with van der Waals surface area (Å²) in [5.74, 6) is 0.597. The lowest BCUT2D eigenvalue weighted by Crippen LogP contribution is -2.30. The monoisotopic (exact) mass is 421 g/mol. The molecule has 10 nitrogen and oxygen atoms in total. The number of pyridine rings is 1. The average Bonchev–Trinajstić information content (AvgIpc) is 3.20.